The molecule has 0 unspecified atom stereocenters. The van der Waals surface area contributed by atoms with Crippen LogP contribution in [-0.2, 0) is 16.6 Å². The summed E-state index contributed by atoms with van der Waals surface area (Å²) in [5, 5.41) is 0. The number of imidazole rings is 1. The van der Waals surface area contributed by atoms with E-state index in [1.807, 2.05) is 18.2 Å². The van der Waals surface area contributed by atoms with E-state index in [0.717, 1.165) is 68.6 Å². The lowest BCUT2D eigenvalue weighted by atomic mass is 9.85. The molecular weight excluding hydrogens is 348 g/mol. The first kappa shape index (κ1) is 17.9. The molecule has 0 spiro atoms. The molecule has 1 atom stereocenters. The van der Waals surface area contributed by atoms with Gasteiger partial charge in [-0.3, -0.25) is 4.90 Å². The molecule has 0 saturated carbocycles. The highest BCUT2D eigenvalue weighted by molar-refractivity contribution is 7.88. The van der Waals surface area contributed by atoms with Crippen molar-refractivity contribution in [3.05, 3.63) is 30.1 Å². The molecule has 142 valence electrons. The van der Waals surface area contributed by atoms with Crippen LogP contribution in [0.3, 0.4) is 0 Å². The van der Waals surface area contributed by atoms with Crippen LogP contribution in [0.2, 0.25) is 0 Å². The Morgan fingerprint density at radius 3 is 2.62 bits per heavy atom. The van der Waals surface area contributed by atoms with Crippen LogP contribution in [0.4, 0.5) is 0 Å². The fourth-order valence-electron chi connectivity index (χ4n) is 4.60. The Kier molecular flexibility index (Phi) is 5.03. The van der Waals surface area contributed by atoms with Crippen molar-refractivity contribution in [3.8, 4) is 0 Å². The van der Waals surface area contributed by atoms with Gasteiger partial charge >= 0.3 is 0 Å². The van der Waals surface area contributed by atoms with E-state index in [9.17, 15) is 8.42 Å². The maximum atomic E-state index is 12.1. The van der Waals surface area contributed by atoms with Gasteiger partial charge in [0.2, 0.25) is 10.0 Å². The number of piperidine rings is 2. The summed E-state index contributed by atoms with van der Waals surface area (Å²) in [5.74, 6) is 1.50. The SMILES string of the molecule is CS(=O)(=O)N1CCCC[C@H]1C1CCN(Cc2nc3ccccc3[nH]2)CC1. The maximum absolute atomic E-state index is 12.1. The predicted octanol–water partition coefficient (Wildman–Crippen LogP) is 2.59. The molecule has 2 aromatic rings. The third-order valence-corrected chi connectivity index (χ3v) is 7.22. The summed E-state index contributed by atoms with van der Waals surface area (Å²) in [5.41, 5.74) is 2.10. The molecule has 1 aromatic heterocycles. The summed E-state index contributed by atoms with van der Waals surface area (Å²) < 4.78 is 26.0. The fourth-order valence-corrected chi connectivity index (χ4v) is 5.83. The molecule has 26 heavy (non-hydrogen) atoms. The van der Waals surface area contributed by atoms with Gasteiger partial charge in [-0.15, -0.1) is 0 Å². The van der Waals surface area contributed by atoms with Crippen LogP contribution in [-0.4, -0.2) is 59.5 Å². The third kappa shape index (κ3) is 3.80. The highest BCUT2D eigenvalue weighted by atomic mass is 32.2. The Morgan fingerprint density at radius 2 is 1.88 bits per heavy atom. The molecule has 1 aromatic carbocycles. The van der Waals surface area contributed by atoms with Gasteiger partial charge in [0.25, 0.3) is 0 Å². The first-order valence-corrected chi connectivity index (χ1v) is 11.5. The largest absolute Gasteiger partial charge is 0.341 e. The summed E-state index contributed by atoms with van der Waals surface area (Å²) in [6.07, 6.45) is 6.65. The minimum atomic E-state index is -3.10. The first-order chi connectivity index (χ1) is 12.5. The topological polar surface area (TPSA) is 69.3 Å². The highest BCUT2D eigenvalue weighted by Gasteiger charge is 2.36. The standard InChI is InChI=1S/C19H28N4O2S/c1-26(24,25)23-11-5-4-8-18(23)15-9-12-22(13-10-15)14-19-20-16-6-2-3-7-17(16)21-19/h2-3,6-7,15,18H,4-5,8-14H2,1H3,(H,20,21)/t18-/m0/s1. The van der Waals surface area contributed by atoms with Gasteiger partial charge in [0.05, 0.1) is 23.8 Å². The molecule has 0 bridgehead atoms. The molecular formula is C19H28N4O2S. The van der Waals surface area contributed by atoms with Gasteiger partial charge in [-0.25, -0.2) is 13.4 Å². The van der Waals surface area contributed by atoms with Crippen molar-refractivity contribution in [2.24, 2.45) is 5.92 Å². The van der Waals surface area contributed by atoms with Gasteiger partial charge < -0.3 is 4.98 Å². The van der Waals surface area contributed by atoms with Crippen molar-refractivity contribution in [2.75, 3.05) is 25.9 Å². The van der Waals surface area contributed by atoms with Crippen molar-refractivity contribution >= 4 is 21.1 Å². The number of hydrogen-bond donors (Lipinski definition) is 1. The van der Waals surface area contributed by atoms with Gasteiger partial charge in [0.1, 0.15) is 5.82 Å². The van der Waals surface area contributed by atoms with Crippen molar-refractivity contribution in [1.29, 1.82) is 0 Å². The minimum absolute atomic E-state index is 0.201. The van der Waals surface area contributed by atoms with E-state index in [-0.39, 0.29) is 6.04 Å². The quantitative estimate of drug-likeness (QED) is 0.890. The molecule has 2 fully saturated rings. The summed E-state index contributed by atoms with van der Waals surface area (Å²) in [4.78, 5) is 10.5. The minimum Gasteiger partial charge on any atom is -0.341 e. The van der Waals surface area contributed by atoms with Crippen LogP contribution in [0, 0.1) is 5.92 Å². The average molecular weight is 377 g/mol. The number of benzene rings is 1. The summed E-state index contributed by atoms with van der Waals surface area (Å²) in [6, 6.07) is 8.32. The molecule has 7 heteroatoms. The molecule has 0 amide bonds. The number of hydrogen-bond acceptors (Lipinski definition) is 4. The smallest absolute Gasteiger partial charge is 0.211 e. The molecule has 1 N–H and O–H groups in total. The van der Waals surface area contributed by atoms with Crippen molar-refractivity contribution < 1.29 is 8.42 Å². The summed E-state index contributed by atoms with van der Waals surface area (Å²) in [6.45, 7) is 3.55. The lowest BCUT2D eigenvalue weighted by molar-refractivity contribution is 0.105. The molecule has 2 saturated heterocycles. The zero-order valence-corrected chi connectivity index (χ0v) is 16.2. The second-order valence-electron chi connectivity index (χ2n) is 7.75. The molecule has 0 radical (unpaired) electrons. The molecule has 3 heterocycles. The molecule has 2 aliphatic heterocycles. The van der Waals surface area contributed by atoms with Crippen molar-refractivity contribution in [2.45, 2.75) is 44.7 Å². The third-order valence-electron chi connectivity index (χ3n) is 5.91. The average Bonchev–Trinajstić information content (AvgIpc) is 3.04. The monoisotopic (exact) mass is 376 g/mol. The Bertz CT molecular complexity index is 822. The number of nitrogens with one attached hydrogen (secondary N) is 1. The van der Waals surface area contributed by atoms with Crippen LogP contribution in [0.15, 0.2) is 24.3 Å². The van der Waals surface area contributed by atoms with Crippen LogP contribution in [0.5, 0.6) is 0 Å². The van der Waals surface area contributed by atoms with Crippen molar-refractivity contribution in [3.63, 3.8) is 0 Å². The van der Waals surface area contributed by atoms with Crippen LogP contribution >= 0.6 is 0 Å². The number of rotatable bonds is 4. The van der Waals surface area contributed by atoms with Gasteiger partial charge in [0.15, 0.2) is 0 Å². The Morgan fingerprint density at radius 1 is 1.12 bits per heavy atom. The molecule has 2 aliphatic rings. The van der Waals surface area contributed by atoms with Crippen LogP contribution in [0.1, 0.15) is 37.9 Å². The number of sulfonamides is 1. The second kappa shape index (κ2) is 7.29. The summed E-state index contributed by atoms with van der Waals surface area (Å²) >= 11 is 0. The number of aromatic nitrogens is 2. The van der Waals surface area contributed by atoms with E-state index in [1.54, 1.807) is 4.31 Å². The van der Waals surface area contributed by atoms with Gasteiger partial charge in [-0.05, 0) is 56.8 Å². The second-order valence-corrected chi connectivity index (χ2v) is 9.69. The van der Waals surface area contributed by atoms with E-state index >= 15 is 0 Å². The molecule has 0 aliphatic carbocycles. The maximum Gasteiger partial charge on any atom is 0.211 e. The van der Waals surface area contributed by atoms with E-state index in [0.29, 0.717) is 12.5 Å². The normalized spacial score (nSPS) is 24.3. The van der Waals surface area contributed by atoms with Crippen molar-refractivity contribution in [1.82, 2.24) is 19.2 Å². The van der Waals surface area contributed by atoms with E-state index in [4.69, 9.17) is 0 Å². The number of nitrogens with zero attached hydrogens (tertiary/aromatic N) is 3. The van der Waals surface area contributed by atoms with Gasteiger partial charge in [-0.1, -0.05) is 18.6 Å². The fraction of sp³-hybridized carbons (Fsp3) is 0.632. The number of aromatic amines is 1. The van der Waals surface area contributed by atoms with Gasteiger partial charge in [0, 0.05) is 12.6 Å². The van der Waals surface area contributed by atoms with Gasteiger partial charge in [-0.2, -0.15) is 4.31 Å². The zero-order chi connectivity index (χ0) is 18.1. The lowest BCUT2D eigenvalue weighted by Crippen LogP contribution is -2.49. The molecule has 4 rings (SSSR count). The Balaban J connectivity index is 1.37. The number of likely N-dealkylation sites (tertiary alicyclic amines) is 1. The Hall–Kier alpha value is -1.44. The Labute approximate surface area is 155 Å². The summed E-state index contributed by atoms with van der Waals surface area (Å²) in [7, 11) is -3.10. The zero-order valence-electron chi connectivity index (χ0n) is 15.4. The number of H-pyrrole nitrogens is 1. The predicted molar refractivity (Wildman–Crippen MR) is 103 cm³/mol. The number of fused-ring (bicyclic) bond motifs is 1. The van der Waals surface area contributed by atoms with Crippen LogP contribution < -0.4 is 0 Å². The lowest BCUT2D eigenvalue weighted by Gasteiger charge is -2.42. The number of para-hydroxylation sites is 2. The first-order valence-electron chi connectivity index (χ1n) is 9.63. The van der Waals surface area contributed by atoms with E-state index in [2.05, 4.69) is 20.9 Å². The molecule has 6 nitrogen and oxygen atoms in total. The van der Waals surface area contributed by atoms with E-state index < -0.39 is 10.0 Å². The highest BCUT2D eigenvalue weighted by Crippen LogP contribution is 2.32. The van der Waals surface area contributed by atoms with E-state index in [1.165, 1.54) is 6.26 Å². The van der Waals surface area contributed by atoms with Crippen LogP contribution in [0.25, 0.3) is 11.0 Å².